The van der Waals surface area contributed by atoms with Gasteiger partial charge >= 0.3 is 0 Å². The quantitative estimate of drug-likeness (QED) is 0.566. The normalized spacial score (nSPS) is 12.6. The van der Waals surface area contributed by atoms with Gasteiger partial charge in [0.2, 0.25) is 5.91 Å². The lowest BCUT2D eigenvalue weighted by Crippen LogP contribution is -2.19. The molecule has 0 saturated heterocycles. The number of anilines is 1. The highest BCUT2D eigenvalue weighted by molar-refractivity contribution is 6.33. The summed E-state index contributed by atoms with van der Waals surface area (Å²) >= 11 is 12.7. The second kappa shape index (κ2) is 7.75. The first-order chi connectivity index (χ1) is 12.8. The number of rotatable bonds is 4. The van der Waals surface area contributed by atoms with Crippen molar-refractivity contribution >= 4 is 34.9 Å². The minimum Gasteiger partial charge on any atom is -0.309 e. The van der Waals surface area contributed by atoms with E-state index in [9.17, 15) is 4.79 Å². The summed E-state index contributed by atoms with van der Waals surface area (Å²) in [6.45, 7) is 6.19. The lowest BCUT2D eigenvalue weighted by Gasteiger charge is -2.14. The number of nitrogens with one attached hydrogen (secondary N) is 1. The summed E-state index contributed by atoms with van der Waals surface area (Å²) < 4.78 is 1.65. The molecule has 1 atom stereocenters. The first-order valence-corrected chi connectivity index (χ1v) is 9.44. The Morgan fingerprint density at radius 1 is 1.07 bits per heavy atom. The Bertz CT molecular complexity index is 946. The fraction of sp³-hybridized carbons (Fsp3) is 0.238. The predicted octanol–water partition coefficient (Wildman–Crippen LogP) is 5.74. The number of hydrogen-bond donors (Lipinski definition) is 1. The van der Waals surface area contributed by atoms with Crippen LogP contribution in [0.3, 0.4) is 0 Å². The maximum absolute atomic E-state index is 12.7. The Morgan fingerprint density at radius 2 is 1.70 bits per heavy atom. The number of carbonyl (C=O) groups excluding carboxylic acids is 1. The maximum atomic E-state index is 12.7. The summed E-state index contributed by atoms with van der Waals surface area (Å²) in [7, 11) is 0. The van der Waals surface area contributed by atoms with Crippen LogP contribution in [0.1, 0.15) is 37.4 Å². The zero-order valence-corrected chi connectivity index (χ0v) is 16.9. The average Bonchev–Trinajstić information content (AvgIpc) is 3.06. The van der Waals surface area contributed by atoms with Crippen LogP contribution in [0, 0.1) is 0 Å². The second-order valence-electron chi connectivity index (χ2n) is 7.29. The first kappa shape index (κ1) is 19.5. The van der Waals surface area contributed by atoms with E-state index in [1.165, 1.54) is 0 Å². The van der Waals surface area contributed by atoms with Crippen molar-refractivity contribution in [3.63, 3.8) is 0 Å². The summed E-state index contributed by atoms with van der Waals surface area (Å²) in [6.07, 6.45) is 0. The van der Waals surface area contributed by atoms with Crippen molar-refractivity contribution in [2.45, 2.75) is 31.6 Å². The molecule has 27 heavy (non-hydrogen) atoms. The number of para-hydroxylation sites is 1. The number of aromatic nitrogens is 2. The van der Waals surface area contributed by atoms with E-state index in [4.69, 9.17) is 23.2 Å². The lowest BCUT2D eigenvalue weighted by atomic mass is 9.92. The van der Waals surface area contributed by atoms with E-state index in [2.05, 4.69) is 31.2 Å². The van der Waals surface area contributed by atoms with E-state index in [1.54, 1.807) is 10.7 Å². The maximum Gasteiger partial charge on any atom is 0.248 e. The minimum atomic E-state index is -0.807. The summed E-state index contributed by atoms with van der Waals surface area (Å²) in [4.78, 5) is 12.7. The van der Waals surface area contributed by atoms with Gasteiger partial charge in [-0.2, -0.15) is 5.10 Å². The van der Waals surface area contributed by atoms with Gasteiger partial charge in [0.25, 0.3) is 0 Å². The molecule has 2 aromatic carbocycles. The van der Waals surface area contributed by atoms with Gasteiger partial charge in [-0.05, 0) is 17.7 Å². The topological polar surface area (TPSA) is 46.9 Å². The van der Waals surface area contributed by atoms with Gasteiger partial charge in [0, 0.05) is 11.5 Å². The van der Waals surface area contributed by atoms with Gasteiger partial charge in [0.05, 0.1) is 16.4 Å². The van der Waals surface area contributed by atoms with E-state index in [-0.39, 0.29) is 11.3 Å². The molecule has 0 radical (unpaired) electrons. The number of benzene rings is 2. The largest absolute Gasteiger partial charge is 0.309 e. The molecule has 0 aliphatic heterocycles. The van der Waals surface area contributed by atoms with Crippen LogP contribution in [0.2, 0.25) is 5.02 Å². The van der Waals surface area contributed by atoms with E-state index in [0.717, 1.165) is 11.3 Å². The number of carbonyl (C=O) groups is 1. The van der Waals surface area contributed by atoms with Crippen molar-refractivity contribution < 1.29 is 4.79 Å². The average molecular weight is 402 g/mol. The highest BCUT2D eigenvalue weighted by atomic mass is 35.5. The second-order valence-corrected chi connectivity index (χ2v) is 8.13. The van der Waals surface area contributed by atoms with Crippen LogP contribution in [0.15, 0.2) is 60.7 Å². The van der Waals surface area contributed by atoms with Crippen molar-refractivity contribution in [3.8, 4) is 5.69 Å². The summed E-state index contributed by atoms with van der Waals surface area (Å²) in [5, 5.41) is 7.31. The summed E-state index contributed by atoms with van der Waals surface area (Å²) in [6, 6.07) is 18.5. The third-order valence-electron chi connectivity index (χ3n) is 4.13. The molecule has 0 aliphatic carbocycles. The van der Waals surface area contributed by atoms with Crippen LogP contribution in [0.5, 0.6) is 0 Å². The van der Waals surface area contributed by atoms with E-state index in [0.29, 0.717) is 16.5 Å². The Hall–Kier alpha value is -2.30. The highest BCUT2D eigenvalue weighted by Crippen LogP contribution is 2.30. The summed E-state index contributed by atoms with van der Waals surface area (Å²) in [5.74, 6) is 0.205. The zero-order valence-electron chi connectivity index (χ0n) is 15.4. The molecule has 0 bridgehead atoms. The molecule has 1 heterocycles. The molecule has 140 valence electrons. The number of amides is 1. The van der Waals surface area contributed by atoms with Crippen LogP contribution in [0.4, 0.5) is 5.82 Å². The number of nitrogens with zero attached hydrogens (tertiary/aromatic N) is 2. The fourth-order valence-corrected chi connectivity index (χ4v) is 3.02. The molecule has 3 aromatic rings. The molecule has 0 saturated carbocycles. The van der Waals surface area contributed by atoms with Gasteiger partial charge in [0.1, 0.15) is 11.2 Å². The van der Waals surface area contributed by atoms with Gasteiger partial charge < -0.3 is 5.32 Å². The molecule has 1 N–H and O–H groups in total. The van der Waals surface area contributed by atoms with Crippen LogP contribution < -0.4 is 5.32 Å². The Balaban J connectivity index is 1.98. The molecule has 1 unspecified atom stereocenters. The van der Waals surface area contributed by atoms with Crippen molar-refractivity contribution in [1.82, 2.24) is 9.78 Å². The number of halogens is 2. The molecule has 0 spiro atoms. The third-order valence-corrected chi connectivity index (χ3v) is 4.90. The highest BCUT2D eigenvalue weighted by Gasteiger charge is 2.24. The molecule has 0 fully saturated rings. The van der Waals surface area contributed by atoms with Crippen LogP contribution in [-0.4, -0.2) is 15.7 Å². The van der Waals surface area contributed by atoms with Crippen molar-refractivity contribution in [2.24, 2.45) is 0 Å². The van der Waals surface area contributed by atoms with Crippen LogP contribution in [0.25, 0.3) is 5.69 Å². The molecule has 3 rings (SSSR count). The summed E-state index contributed by atoms with van der Waals surface area (Å²) in [5.41, 5.74) is 2.07. The van der Waals surface area contributed by atoms with Gasteiger partial charge in [0.15, 0.2) is 0 Å². The van der Waals surface area contributed by atoms with E-state index < -0.39 is 5.38 Å². The molecule has 1 amide bonds. The predicted molar refractivity (Wildman–Crippen MR) is 111 cm³/mol. The van der Waals surface area contributed by atoms with Gasteiger partial charge in [-0.1, -0.05) is 74.8 Å². The smallest absolute Gasteiger partial charge is 0.248 e. The van der Waals surface area contributed by atoms with Crippen molar-refractivity contribution in [1.29, 1.82) is 0 Å². The molecule has 0 aliphatic rings. The minimum absolute atomic E-state index is 0.189. The van der Waals surface area contributed by atoms with Crippen LogP contribution >= 0.6 is 23.2 Å². The lowest BCUT2D eigenvalue weighted by molar-refractivity contribution is -0.116. The van der Waals surface area contributed by atoms with Crippen LogP contribution in [-0.2, 0) is 10.2 Å². The SMILES string of the molecule is CC(C)(C)c1cc(NC(=O)C(Cl)c2ccccc2)n(-c2ccccc2Cl)n1. The van der Waals surface area contributed by atoms with Crippen molar-refractivity contribution in [2.75, 3.05) is 5.32 Å². The standard InChI is InChI=1S/C21H21Cl2N3O/c1-21(2,3)17-13-18(26(25-17)16-12-8-7-11-15(16)22)24-20(27)19(23)14-9-5-4-6-10-14/h4-13,19H,1-3H3,(H,24,27). The number of hydrogen-bond acceptors (Lipinski definition) is 2. The van der Waals surface area contributed by atoms with Gasteiger partial charge in [-0.25, -0.2) is 4.68 Å². The zero-order chi connectivity index (χ0) is 19.6. The Labute approximate surface area is 169 Å². The van der Waals surface area contributed by atoms with Crippen molar-refractivity contribution in [3.05, 3.63) is 76.9 Å². The van der Waals surface area contributed by atoms with E-state index in [1.807, 2.05) is 54.6 Å². The molecule has 1 aromatic heterocycles. The van der Waals surface area contributed by atoms with E-state index >= 15 is 0 Å². The molecule has 6 heteroatoms. The Morgan fingerprint density at radius 3 is 2.33 bits per heavy atom. The molecular weight excluding hydrogens is 381 g/mol. The third kappa shape index (κ3) is 4.34. The fourth-order valence-electron chi connectivity index (χ4n) is 2.61. The number of alkyl halides is 1. The van der Waals surface area contributed by atoms with Gasteiger partial charge in [-0.3, -0.25) is 4.79 Å². The first-order valence-electron chi connectivity index (χ1n) is 8.62. The molecule has 4 nitrogen and oxygen atoms in total. The monoisotopic (exact) mass is 401 g/mol. The Kier molecular flexibility index (Phi) is 5.59. The van der Waals surface area contributed by atoms with Gasteiger partial charge in [-0.15, -0.1) is 11.6 Å². The molecular formula is C21H21Cl2N3O.